The molecule has 0 spiro atoms. The Labute approximate surface area is 111 Å². The van der Waals surface area contributed by atoms with E-state index in [0.29, 0.717) is 0 Å². The van der Waals surface area contributed by atoms with Crippen molar-refractivity contribution in [1.82, 2.24) is 4.98 Å². The molecule has 0 unspecified atom stereocenters. The van der Waals surface area contributed by atoms with Gasteiger partial charge in [-0.2, -0.15) is 0 Å². The van der Waals surface area contributed by atoms with E-state index in [1.165, 1.54) is 11.8 Å². The largest absolute Gasteiger partial charge is 0.479 e. The van der Waals surface area contributed by atoms with Crippen LogP contribution in [0.2, 0.25) is 0 Å². The van der Waals surface area contributed by atoms with Gasteiger partial charge in [0.1, 0.15) is 12.4 Å². The van der Waals surface area contributed by atoms with Crippen molar-refractivity contribution < 1.29 is 4.74 Å². The van der Waals surface area contributed by atoms with Gasteiger partial charge in [-0.15, -0.1) is 6.42 Å². The van der Waals surface area contributed by atoms with Crippen molar-refractivity contribution >= 4 is 22.7 Å². The number of nitrogens with zero attached hydrogens (tertiary/aromatic N) is 1. The van der Waals surface area contributed by atoms with Gasteiger partial charge in [-0.3, -0.25) is 4.98 Å². The fraction of sp³-hybridized carbons (Fsp3) is 0.133. The molecular weight excluding hydrogens is 242 g/mol. The first-order valence-corrected chi connectivity index (χ1v) is 6.21. The molecule has 0 saturated heterocycles. The molecule has 0 N–H and O–H groups in total. The molecule has 0 aliphatic rings. The summed E-state index contributed by atoms with van der Waals surface area (Å²) < 4.78 is 5.63. The molecule has 0 bridgehead atoms. The third-order valence-corrected chi connectivity index (χ3v) is 3.07. The Kier molecular flexibility index (Phi) is 4.12. The summed E-state index contributed by atoms with van der Waals surface area (Å²) in [7, 11) is 0. The minimum absolute atomic E-state index is 0.237. The molecule has 18 heavy (non-hydrogen) atoms. The lowest BCUT2D eigenvalue weighted by Crippen LogP contribution is -1.97. The van der Waals surface area contributed by atoms with Crippen molar-refractivity contribution in [3.8, 4) is 29.3 Å². The first kappa shape index (κ1) is 12.4. The van der Waals surface area contributed by atoms with E-state index in [1.807, 2.05) is 24.3 Å². The van der Waals surface area contributed by atoms with Gasteiger partial charge in [-0.1, -0.05) is 24.0 Å². The second kappa shape index (κ2) is 6.00. The summed E-state index contributed by atoms with van der Waals surface area (Å²) in [4.78, 5) is 5.27. The number of hydrogen-bond acceptors (Lipinski definition) is 3. The highest BCUT2D eigenvalue weighted by Crippen LogP contribution is 2.34. The van der Waals surface area contributed by atoms with Crippen LogP contribution in [-0.4, -0.2) is 11.6 Å². The number of rotatable bonds is 3. The van der Waals surface area contributed by atoms with Gasteiger partial charge in [-0.05, 0) is 36.1 Å². The second-order valence-electron chi connectivity index (χ2n) is 3.42. The maximum atomic E-state index is 5.63. The standard InChI is InChI=1S/C15H11NOS/c1-3-9-17-15-12-7-5-6-8-13(12)16-11-14(15)18-10-4-2/h1,5-8,11H,9H2,2H3. The van der Waals surface area contributed by atoms with Crippen molar-refractivity contribution in [3.63, 3.8) is 0 Å². The molecule has 1 aromatic carbocycles. The normalized spacial score (nSPS) is 9.33. The van der Waals surface area contributed by atoms with Crippen LogP contribution >= 0.6 is 11.8 Å². The topological polar surface area (TPSA) is 22.1 Å². The zero-order valence-corrected chi connectivity index (χ0v) is 10.8. The Morgan fingerprint density at radius 1 is 1.39 bits per heavy atom. The SMILES string of the molecule is C#CCOc1c(SC#CC)cnc2ccccc12. The van der Waals surface area contributed by atoms with Crippen LogP contribution in [0.1, 0.15) is 6.92 Å². The smallest absolute Gasteiger partial charge is 0.148 e. The van der Waals surface area contributed by atoms with Crippen molar-refractivity contribution in [2.24, 2.45) is 0 Å². The maximum Gasteiger partial charge on any atom is 0.148 e. The van der Waals surface area contributed by atoms with E-state index in [1.54, 1.807) is 13.1 Å². The molecule has 0 radical (unpaired) electrons. The van der Waals surface area contributed by atoms with E-state index >= 15 is 0 Å². The molecule has 2 rings (SSSR count). The summed E-state index contributed by atoms with van der Waals surface area (Å²) in [6, 6.07) is 7.81. The minimum Gasteiger partial charge on any atom is -0.479 e. The number of ether oxygens (including phenoxy) is 1. The number of fused-ring (bicyclic) bond motifs is 1. The summed E-state index contributed by atoms with van der Waals surface area (Å²) in [6.07, 6.45) is 7.01. The fourth-order valence-corrected chi connectivity index (χ4v) is 2.12. The molecule has 0 fully saturated rings. The number of hydrogen-bond donors (Lipinski definition) is 0. The molecule has 0 amide bonds. The Hall–Kier alpha value is -2.10. The third-order valence-electron chi connectivity index (χ3n) is 2.26. The van der Waals surface area contributed by atoms with E-state index in [4.69, 9.17) is 11.2 Å². The molecule has 0 aliphatic carbocycles. The summed E-state index contributed by atoms with van der Waals surface area (Å²) in [5, 5.41) is 3.90. The lowest BCUT2D eigenvalue weighted by molar-refractivity contribution is 0.366. The predicted molar refractivity (Wildman–Crippen MR) is 75.4 cm³/mol. The van der Waals surface area contributed by atoms with Gasteiger partial charge in [0.2, 0.25) is 0 Å². The lowest BCUT2D eigenvalue weighted by Gasteiger charge is -2.09. The summed E-state index contributed by atoms with van der Waals surface area (Å²) in [5.41, 5.74) is 0.887. The van der Waals surface area contributed by atoms with E-state index in [-0.39, 0.29) is 6.61 Å². The van der Waals surface area contributed by atoms with Crippen molar-refractivity contribution in [3.05, 3.63) is 30.5 Å². The van der Waals surface area contributed by atoms with Gasteiger partial charge in [0, 0.05) is 11.6 Å². The quantitative estimate of drug-likeness (QED) is 0.619. The van der Waals surface area contributed by atoms with Gasteiger partial charge < -0.3 is 4.74 Å². The zero-order valence-electron chi connectivity index (χ0n) is 9.93. The first-order valence-electron chi connectivity index (χ1n) is 5.39. The maximum absolute atomic E-state index is 5.63. The van der Waals surface area contributed by atoms with Crippen LogP contribution in [0, 0.1) is 23.5 Å². The first-order chi connectivity index (χ1) is 8.86. The Bertz CT molecular complexity index is 661. The molecule has 0 aliphatic heterocycles. The number of aromatic nitrogens is 1. The Balaban J connectivity index is 2.54. The predicted octanol–water partition coefficient (Wildman–Crippen LogP) is 3.32. The molecule has 2 nitrogen and oxygen atoms in total. The van der Waals surface area contributed by atoms with Gasteiger partial charge in [0.25, 0.3) is 0 Å². The van der Waals surface area contributed by atoms with E-state index in [9.17, 15) is 0 Å². The van der Waals surface area contributed by atoms with Crippen LogP contribution in [0.25, 0.3) is 10.9 Å². The number of pyridine rings is 1. The highest BCUT2D eigenvalue weighted by molar-refractivity contribution is 8.04. The molecule has 3 heteroatoms. The van der Waals surface area contributed by atoms with Crippen LogP contribution in [0.5, 0.6) is 5.75 Å². The molecule has 1 heterocycles. The van der Waals surface area contributed by atoms with Crippen LogP contribution in [0.3, 0.4) is 0 Å². The third kappa shape index (κ3) is 2.59. The molecule has 0 saturated carbocycles. The van der Waals surface area contributed by atoms with Crippen LogP contribution in [0.4, 0.5) is 0 Å². The second-order valence-corrected chi connectivity index (χ2v) is 4.26. The molecule has 88 valence electrons. The summed E-state index contributed by atoms with van der Waals surface area (Å²) >= 11 is 1.40. The average molecular weight is 253 g/mol. The molecular formula is C15H11NOS. The molecule has 1 aromatic heterocycles. The van der Waals surface area contributed by atoms with Crippen molar-refractivity contribution in [2.75, 3.05) is 6.61 Å². The van der Waals surface area contributed by atoms with Gasteiger partial charge >= 0.3 is 0 Å². The summed E-state index contributed by atoms with van der Waals surface area (Å²) in [6.45, 7) is 2.03. The Morgan fingerprint density at radius 3 is 3.00 bits per heavy atom. The van der Waals surface area contributed by atoms with E-state index < -0.39 is 0 Å². The highest BCUT2D eigenvalue weighted by Gasteiger charge is 2.09. The average Bonchev–Trinajstić information content (AvgIpc) is 2.43. The number of terminal acetylenes is 1. The van der Waals surface area contributed by atoms with Gasteiger partial charge in [-0.25, -0.2) is 0 Å². The molecule has 0 atom stereocenters. The van der Waals surface area contributed by atoms with E-state index in [0.717, 1.165) is 21.5 Å². The van der Waals surface area contributed by atoms with Crippen LogP contribution in [-0.2, 0) is 0 Å². The Morgan fingerprint density at radius 2 is 2.22 bits per heavy atom. The van der Waals surface area contributed by atoms with E-state index in [2.05, 4.69) is 22.1 Å². The molecule has 2 aromatic rings. The van der Waals surface area contributed by atoms with Crippen LogP contribution in [0.15, 0.2) is 35.4 Å². The number of benzene rings is 1. The number of para-hydroxylation sites is 1. The van der Waals surface area contributed by atoms with Crippen molar-refractivity contribution in [2.45, 2.75) is 11.8 Å². The van der Waals surface area contributed by atoms with Gasteiger partial charge in [0.05, 0.1) is 10.4 Å². The summed E-state index contributed by atoms with van der Waals surface area (Å²) in [5.74, 6) is 6.07. The minimum atomic E-state index is 0.237. The highest BCUT2D eigenvalue weighted by atomic mass is 32.2. The fourth-order valence-electron chi connectivity index (χ4n) is 1.54. The lowest BCUT2D eigenvalue weighted by atomic mass is 10.2. The zero-order chi connectivity index (χ0) is 12.8. The monoisotopic (exact) mass is 253 g/mol. The van der Waals surface area contributed by atoms with Crippen molar-refractivity contribution in [1.29, 1.82) is 0 Å². The van der Waals surface area contributed by atoms with Gasteiger partial charge in [0.15, 0.2) is 0 Å². The van der Waals surface area contributed by atoms with Crippen LogP contribution < -0.4 is 4.74 Å². The number of thioether (sulfide) groups is 1.